The van der Waals surface area contributed by atoms with Gasteiger partial charge in [0.2, 0.25) is 0 Å². The third-order valence-electron chi connectivity index (χ3n) is 4.90. The molecule has 1 aromatic rings. The fourth-order valence-corrected chi connectivity index (χ4v) is 4.32. The van der Waals surface area contributed by atoms with E-state index in [1.165, 1.54) is 23.9 Å². The summed E-state index contributed by atoms with van der Waals surface area (Å²) in [7, 11) is 0. The van der Waals surface area contributed by atoms with E-state index in [0.29, 0.717) is 24.9 Å². The number of rotatable bonds is 8. The van der Waals surface area contributed by atoms with E-state index in [-0.39, 0.29) is 16.2 Å². The molecule has 0 spiro atoms. The Kier molecular flexibility index (Phi) is 8.08. The molecule has 0 saturated heterocycles. The summed E-state index contributed by atoms with van der Waals surface area (Å²) >= 11 is 1.50. The standard InChI is InChI=1S/C23H30F3NO2S/c1-16(10-11-17-7-5-8-18(15-17)23(24,25)26)30-20-19(21(28)29)9-6-13-27(20)14-12-22(2,3)4/h5-9,15-16H,10-14H2,1-4H3,(H,28,29). The number of carboxylic acid groups (broad SMARTS) is 1. The van der Waals surface area contributed by atoms with Gasteiger partial charge in [-0.15, -0.1) is 11.8 Å². The van der Waals surface area contributed by atoms with Crippen molar-refractivity contribution in [1.29, 1.82) is 0 Å². The summed E-state index contributed by atoms with van der Waals surface area (Å²) in [6.45, 7) is 9.87. The molecule has 0 saturated carbocycles. The molecule has 30 heavy (non-hydrogen) atoms. The van der Waals surface area contributed by atoms with Gasteiger partial charge in [0.25, 0.3) is 0 Å². The average molecular weight is 442 g/mol. The number of hydrogen-bond donors (Lipinski definition) is 1. The fraction of sp³-hybridized carbons (Fsp3) is 0.522. The zero-order chi connectivity index (χ0) is 22.5. The van der Waals surface area contributed by atoms with Gasteiger partial charge in [-0.2, -0.15) is 13.2 Å². The number of carboxylic acids is 1. The number of nitrogens with zero attached hydrogens (tertiary/aromatic N) is 1. The molecular weight excluding hydrogens is 411 g/mol. The SMILES string of the molecule is CC(CCc1cccc(C(F)(F)F)c1)SC1=C(C(=O)O)C=CCN1CCC(C)(C)C. The van der Waals surface area contributed by atoms with E-state index in [4.69, 9.17) is 0 Å². The van der Waals surface area contributed by atoms with Crippen molar-refractivity contribution in [1.82, 2.24) is 4.90 Å². The molecule has 3 nitrogen and oxygen atoms in total. The van der Waals surface area contributed by atoms with Gasteiger partial charge in [0.15, 0.2) is 0 Å². The highest BCUT2D eigenvalue weighted by Crippen LogP contribution is 2.35. The van der Waals surface area contributed by atoms with Crippen LogP contribution in [-0.2, 0) is 17.4 Å². The van der Waals surface area contributed by atoms with Gasteiger partial charge in [0.1, 0.15) is 0 Å². The lowest BCUT2D eigenvalue weighted by Crippen LogP contribution is -2.31. The summed E-state index contributed by atoms with van der Waals surface area (Å²) in [6.07, 6.45) is 1.25. The number of hydrogen-bond acceptors (Lipinski definition) is 3. The fourth-order valence-electron chi connectivity index (χ4n) is 3.11. The minimum absolute atomic E-state index is 0.0625. The Morgan fingerprint density at radius 2 is 1.97 bits per heavy atom. The summed E-state index contributed by atoms with van der Waals surface area (Å²) in [5.74, 6) is -0.959. The maximum atomic E-state index is 12.9. The molecule has 0 amide bonds. The van der Waals surface area contributed by atoms with E-state index in [1.54, 1.807) is 12.1 Å². The molecule has 0 radical (unpaired) electrons. The van der Waals surface area contributed by atoms with Crippen LogP contribution in [-0.4, -0.2) is 34.3 Å². The number of thioether (sulfide) groups is 1. The normalized spacial score (nSPS) is 16.2. The number of benzene rings is 1. The molecule has 7 heteroatoms. The zero-order valence-corrected chi connectivity index (χ0v) is 18.7. The molecule has 1 atom stereocenters. The second kappa shape index (κ2) is 9.94. The first-order valence-corrected chi connectivity index (χ1v) is 11.0. The summed E-state index contributed by atoms with van der Waals surface area (Å²) in [4.78, 5) is 13.8. The van der Waals surface area contributed by atoms with Gasteiger partial charge in [-0.1, -0.05) is 52.0 Å². The van der Waals surface area contributed by atoms with Crippen LogP contribution in [0.1, 0.15) is 51.7 Å². The second-order valence-electron chi connectivity index (χ2n) is 8.85. The van der Waals surface area contributed by atoms with E-state index >= 15 is 0 Å². The third-order valence-corrected chi connectivity index (χ3v) is 6.24. The minimum Gasteiger partial charge on any atom is -0.478 e. The van der Waals surface area contributed by atoms with Crippen LogP contribution in [0.15, 0.2) is 47.0 Å². The first-order valence-electron chi connectivity index (χ1n) is 10.1. The van der Waals surface area contributed by atoms with Gasteiger partial charge in [-0.3, -0.25) is 0 Å². The summed E-state index contributed by atoms with van der Waals surface area (Å²) in [5.41, 5.74) is 0.418. The lowest BCUT2D eigenvalue weighted by molar-refractivity contribution is -0.137. The summed E-state index contributed by atoms with van der Waals surface area (Å²) in [5, 5.41) is 10.4. The Labute approximate surface area is 181 Å². The lowest BCUT2D eigenvalue weighted by Gasteiger charge is -2.33. The van der Waals surface area contributed by atoms with Gasteiger partial charge < -0.3 is 10.0 Å². The second-order valence-corrected chi connectivity index (χ2v) is 10.3. The highest BCUT2D eigenvalue weighted by atomic mass is 32.2. The molecule has 1 heterocycles. The van der Waals surface area contributed by atoms with E-state index in [9.17, 15) is 23.1 Å². The van der Waals surface area contributed by atoms with Gasteiger partial charge in [0.05, 0.1) is 16.2 Å². The molecule has 0 aliphatic carbocycles. The monoisotopic (exact) mass is 441 g/mol. The van der Waals surface area contributed by atoms with Crippen LogP contribution >= 0.6 is 11.8 Å². The zero-order valence-electron chi connectivity index (χ0n) is 17.9. The van der Waals surface area contributed by atoms with Crippen molar-refractivity contribution >= 4 is 17.7 Å². The van der Waals surface area contributed by atoms with Crippen LogP contribution in [0.25, 0.3) is 0 Å². The van der Waals surface area contributed by atoms with Gasteiger partial charge in [0, 0.05) is 18.3 Å². The molecule has 0 aromatic heterocycles. The molecule has 1 aromatic carbocycles. The van der Waals surface area contributed by atoms with Gasteiger partial charge >= 0.3 is 12.1 Å². The molecule has 0 bridgehead atoms. The Morgan fingerprint density at radius 1 is 1.27 bits per heavy atom. The van der Waals surface area contributed by atoms with Crippen molar-refractivity contribution in [3.63, 3.8) is 0 Å². The van der Waals surface area contributed by atoms with Crippen molar-refractivity contribution in [3.8, 4) is 0 Å². The van der Waals surface area contributed by atoms with Crippen LogP contribution in [0.2, 0.25) is 0 Å². The minimum atomic E-state index is -4.35. The first-order chi connectivity index (χ1) is 13.9. The molecular formula is C23H30F3NO2S. The molecule has 1 unspecified atom stereocenters. The molecule has 1 aliphatic rings. The maximum Gasteiger partial charge on any atom is 0.416 e. The maximum absolute atomic E-state index is 12.9. The van der Waals surface area contributed by atoms with Crippen LogP contribution in [0, 0.1) is 5.41 Å². The van der Waals surface area contributed by atoms with Crippen LogP contribution in [0.3, 0.4) is 0 Å². The molecule has 166 valence electrons. The molecule has 1 aliphatic heterocycles. The van der Waals surface area contributed by atoms with Crippen LogP contribution < -0.4 is 0 Å². The van der Waals surface area contributed by atoms with E-state index in [1.807, 2.05) is 13.0 Å². The smallest absolute Gasteiger partial charge is 0.416 e. The predicted octanol–water partition coefficient (Wildman–Crippen LogP) is 6.36. The lowest BCUT2D eigenvalue weighted by atomic mass is 9.92. The quantitative estimate of drug-likeness (QED) is 0.509. The average Bonchev–Trinajstić information content (AvgIpc) is 2.64. The number of carbonyl (C=O) groups is 1. The van der Waals surface area contributed by atoms with E-state index in [2.05, 4.69) is 25.7 Å². The largest absolute Gasteiger partial charge is 0.478 e. The number of alkyl halides is 3. The van der Waals surface area contributed by atoms with Crippen molar-refractivity contribution < 1.29 is 23.1 Å². The number of halogens is 3. The van der Waals surface area contributed by atoms with Gasteiger partial charge in [-0.05, 0) is 42.4 Å². The highest BCUT2D eigenvalue weighted by molar-refractivity contribution is 8.03. The highest BCUT2D eigenvalue weighted by Gasteiger charge is 2.30. The predicted molar refractivity (Wildman–Crippen MR) is 116 cm³/mol. The van der Waals surface area contributed by atoms with E-state index < -0.39 is 17.7 Å². The Bertz CT molecular complexity index is 809. The van der Waals surface area contributed by atoms with Crippen molar-refractivity contribution in [2.75, 3.05) is 13.1 Å². The summed E-state index contributed by atoms with van der Waals surface area (Å²) in [6, 6.07) is 5.40. The first kappa shape index (κ1) is 24.4. The number of aliphatic carboxylic acids is 1. The Hall–Kier alpha value is -1.89. The van der Waals surface area contributed by atoms with Crippen molar-refractivity contribution in [2.45, 2.75) is 58.4 Å². The topological polar surface area (TPSA) is 40.5 Å². The number of aryl methyl sites for hydroxylation is 1. The Balaban J connectivity index is 2.08. The Morgan fingerprint density at radius 3 is 2.57 bits per heavy atom. The van der Waals surface area contributed by atoms with Gasteiger partial charge in [-0.25, -0.2) is 4.79 Å². The third kappa shape index (κ3) is 7.42. The summed E-state index contributed by atoms with van der Waals surface area (Å²) < 4.78 is 38.7. The molecule has 1 N–H and O–H groups in total. The molecule has 0 fully saturated rings. The van der Waals surface area contributed by atoms with Crippen molar-refractivity contribution in [2.24, 2.45) is 5.41 Å². The van der Waals surface area contributed by atoms with Crippen molar-refractivity contribution in [3.05, 3.63) is 58.1 Å². The van der Waals surface area contributed by atoms with Crippen LogP contribution in [0.5, 0.6) is 0 Å². The van der Waals surface area contributed by atoms with E-state index in [0.717, 1.165) is 24.1 Å². The molecule has 2 rings (SSSR count). The van der Waals surface area contributed by atoms with Crippen LogP contribution in [0.4, 0.5) is 13.2 Å².